The van der Waals surface area contributed by atoms with Gasteiger partial charge in [0, 0.05) is 36.1 Å². The number of pyridine rings is 2. The van der Waals surface area contributed by atoms with Crippen molar-refractivity contribution in [1.82, 2.24) is 14.9 Å². The first-order valence-corrected chi connectivity index (χ1v) is 6.95. The van der Waals surface area contributed by atoms with Gasteiger partial charge in [-0.05, 0) is 49.7 Å². The van der Waals surface area contributed by atoms with Crippen LogP contribution in [-0.2, 0) is 5.41 Å². The van der Waals surface area contributed by atoms with Crippen LogP contribution in [0, 0.1) is 0 Å². The molecule has 0 saturated carbocycles. The standard InChI is InChI=1S/C16H17N3/c1-2-13(10-17-7-1)15-4-3-14(11-18-15)16-5-8-19(12-16)9-6-16/h1-4,7,10-11H,5-6,8-9,12H2. The fourth-order valence-corrected chi connectivity index (χ4v) is 3.50. The zero-order valence-electron chi connectivity index (χ0n) is 10.9. The quantitative estimate of drug-likeness (QED) is 0.821. The molecule has 0 N–H and O–H groups in total. The van der Waals surface area contributed by atoms with Crippen LogP contribution in [0.4, 0.5) is 0 Å². The summed E-state index contributed by atoms with van der Waals surface area (Å²) in [5, 5.41) is 0. The van der Waals surface area contributed by atoms with Crippen LogP contribution >= 0.6 is 0 Å². The maximum atomic E-state index is 4.65. The Balaban J connectivity index is 1.67. The van der Waals surface area contributed by atoms with E-state index >= 15 is 0 Å². The summed E-state index contributed by atoms with van der Waals surface area (Å²) in [5.74, 6) is 0. The van der Waals surface area contributed by atoms with Gasteiger partial charge in [-0.1, -0.05) is 6.07 Å². The summed E-state index contributed by atoms with van der Waals surface area (Å²) in [6.07, 6.45) is 8.33. The zero-order chi connectivity index (χ0) is 12.7. The van der Waals surface area contributed by atoms with Crippen LogP contribution in [0.1, 0.15) is 18.4 Å². The summed E-state index contributed by atoms with van der Waals surface area (Å²) in [6.45, 7) is 3.73. The van der Waals surface area contributed by atoms with Gasteiger partial charge in [-0.15, -0.1) is 0 Å². The molecule has 0 aromatic carbocycles. The molecule has 0 unspecified atom stereocenters. The van der Waals surface area contributed by atoms with Gasteiger partial charge in [-0.3, -0.25) is 9.97 Å². The number of aromatic nitrogens is 2. The number of hydrogen-bond acceptors (Lipinski definition) is 3. The van der Waals surface area contributed by atoms with E-state index < -0.39 is 0 Å². The van der Waals surface area contributed by atoms with Gasteiger partial charge in [-0.2, -0.15) is 0 Å². The smallest absolute Gasteiger partial charge is 0.0717 e. The molecule has 0 radical (unpaired) electrons. The first kappa shape index (κ1) is 11.1. The van der Waals surface area contributed by atoms with Gasteiger partial charge in [0.25, 0.3) is 0 Å². The molecule has 0 amide bonds. The minimum absolute atomic E-state index is 0.389. The van der Waals surface area contributed by atoms with Crippen molar-refractivity contribution in [2.75, 3.05) is 19.6 Å². The third kappa shape index (κ3) is 1.77. The van der Waals surface area contributed by atoms with Crippen molar-refractivity contribution in [3.8, 4) is 11.3 Å². The van der Waals surface area contributed by atoms with Gasteiger partial charge in [0.05, 0.1) is 5.69 Å². The predicted octanol–water partition coefficient (Wildman–Crippen LogP) is 2.49. The van der Waals surface area contributed by atoms with Crippen molar-refractivity contribution in [2.45, 2.75) is 18.3 Å². The topological polar surface area (TPSA) is 29.0 Å². The highest BCUT2D eigenvalue weighted by atomic mass is 15.2. The summed E-state index contributed by atoms with van der Waals surface area (Å²) in [7, 11) is 0. The first-order chi connectivity index (χ1) is 9.36. The van der Waals surface area contributed by atoms with Crippen molar-refractivity contribution in [1.29, 1.82) is 0 Å². The van der Waals surface area contributed by atoms with Gasteiger partial charge >= 0.3 is 0 Å². The molecule has 2 aliphatic heterocycles. The second kappa shape index (κ2) is 4.14. The van der Waals surface area contributed by atoms with E-state index in [1.165, 1.54) is 38.0 Å². The maximum Gasteiger partial charge on any atom is 0.0717 e. The lowest BCUT2D eigenvalue weighted by Crippen LogP contribution is -2.24. The minimum atomic E-state index is 0.389. The Morgan fingerprint density at radius 1 is 1.05 bits per heavy atom. The molecular formula is C16H17N3. The molecule has 2 bridgehead atoms. The van der Waals surface area contributed by atoms with Crippen molar-refractivity contribution in [2.24, 2.45) is 0 Å². The van der Waals surface area contributed by atoms with Gasteiger partial charge in [0.15, 0.2) is 0 Å². The van der Waals surface area contributed by atoms with Crippen molar-refractivity contribution >= 4 is 0 Å². The van der Waals surface area contributed by atoms with Crippen LogP contribution in [0.2, 0.25) is 0 Å². The van der Waals surface area contributed by atoms with Crippen molar-refractivity contribution in [3.63, 3.8) is 0 Å². The minimum Gasteiger partial charge on any atom is -0.302 e. The van der Waals surface area contributed by atoms with Crippen LogP contribution in [0.15, 0.2) is 42.9 Å². The zero-order valence-corrected chi connectivity index (χ0v) is 10.9. The van der Waals surface area contributed by atoms with E-state index in [4.69, 9.17) is 0 Å². The lowest BCUT2D eigenvalue weighted by atomic mass is 9.78. The predicted molar refractivity (Wildman–Crippen MR) is 74.8 cm³/mol. The maximum absolute atomic E-state index is 4.65. The normalized spacial score (nSPS) is 28.7. The van der Waals surface area contributed by atoms with E-state index in [1.807, 2.05) is 12.3 Å². The first-order valence-electron chi connectivity index (χ1n) is 6.95. The lowest BCUT2D eigenvalue weighted by Gasteiger charge is -2.25. The van der Waals surface area contributed by atoms with Gasteiger partial charge in [0.2, 0.25) is 0 Å². The third-order valence-electron chi connectivity index (χ3n) is 4.67. The molecule has 4 rings (SSSR count). The molecule has 3 heteroatoms. The second-order valence-corrected chi connectivity index (χ2v) is 5.73. The molecule has 0 atom stereocenters. The van der Waals surface area contributed by atoms with Crippen LogP contribution in [0.3, 0.4) is 0 Å². The highest BCUT2D eigenvalue weighted by Crippen LogP contribution is 2.42. The summed E-state index contributed by atoms with van der Waals surface area (Å²) in [6, 6.07) is 8.42. The summed E-state index contributed by atoms with van der Waals surface area (Å²) < 4.78 is 0. The molecule has 0 aliphatic carbocycles. The van der Waals surface area contributed by atoms with Crippen LogP contribution in [0.25, 0.3) is 11.3 Å². The Morgan fingerprint density at radius 3 is 2.53 bits per heavy atom. The SMILES string of the molecule is c1cncc(-c2ccc(C34CCN(CC3)C4)cn2)c1. The molecule has 19 heavy (non-hydrogen) atoms. The average Bonchev–Trinajstić information content (AvgIpc) is 3.10. The van der Waals surface area contributed by atoms with Crippen molar-refractivity contribution in [3.05, 3.63) is 48.4 Å². The van der Waals surface area contributed by atoms with E-state index in [9.17, 15) is 0 Å². The fraction of sp³-hybridized carbons (Fsp3) is 0.375. The summed E-state index contributed by atoms with van der Waals surface area (Å²) in [5.41, 5.74) is 3.91. The lowest BCUT2D eigenvalue weighted by molar-refractivity contribution is 0.364. The molecule has 0 spiro atoms. The highest BCUT2D eigenvalue weighted by Gasteiger charge is 2.44. The van der Waals surface area contributed by atoms with Crippen LogP contribution in [0.5, 0.6) is 0 Å². The Labute approximate surface area is 113 Å². The Hall–Kier alpha value is -1.74. The van der Waals surface area contributed by atoms with Gasteiger partial charge in [-0.25, -0.2) is 0 Å². The van der Waals surface area contributed by atoms with E-state index in [-0.39, 0.29) is 0 Å². The molecule has 96 valence electrons. The number of nitrogens with zero attached hydrogens (tertiary/aromatic N) is 3. The molecule has 4 heterocycles. The Morgan fingerprint density at radius 2 is 1.95 bits per heavy atom. The number of rotatable bonds is 2. The Bertz CT molecular complexity index is 569. The molecule has 2 saturated heterocycles. The van der Waals surface area contributed by atoms with E-state index in [1.54, 1.807) is 6.20 Å². The number of piperidine rings is 1. The second-order valence-electron chi connectivity index (χ2n) is 5.73. The monoisotopic (exact) mass is 251 g/mol. The van der Waals surface area contributed by atoms with Gasteiger partial charge < -0.3 is 4.90 Å². The molecule has 3 nitrogen and oxygen atoms in total. The van der Waals surface area contributed by atoms with E-state index in [0.717, 1.165) is 11.3 Å². The highest BCUT2D eigenvalue weighted by molar-refractivity contribution is 5.57. The number of hydrogen-bond donors (Lipinski definition) is 0. The fourth-order valence-electron chi connectivity index (χ4n) is 3.50. The largest absolute Gasteiger partial charge is 0.302 e. The molecule has 2 aliphatic rings. The third-order valence-corrected chi connectivity index (χ3v) is 4.67. The Kier molecular flexibility index (Phi) is 2.42. The van der Waals surface area contributed by atoms with Crippen LogP contribution < -0.4 is 0 Å². The molecule has 2 aromatic heterocycles. The van der Waals surface area contributed by atoms with E-state index in [2.05, 4.69) is 39.3 Å². The number of fused-ring (bicyclic) bond motifs is 2. The average molecular weight is 251 g/mol. The van der Waals surface area contributed by atoms with Crippen molar-refractivity contribution < 1.29 is 0 Å². The molecule has 2 fully saturated rings. The summed E-state index contributed by atoms with van der Waals surface area (Å²) >= 11 is 0. The summed E-state index contributed by atoms with van der Waals surface area (Å²) in [4.78, 5) is 11.4. The van der Waals surface area contributed by atoms with E-state index in [0.29, 0.717) is 5.41 Å². The molecule has 2 aromatic rings. The molecular weight excluding hydrogens is 234 g/mol. The van der Waals surface area contributed by atoms with Gasteiger partial charge in [0.1, 0.15) is 0 Å². The van der Waals surface area contributed by atoms with Crippen LogP contribution in [-0.4, -0.2) is 34.5 Å².